The maximum Gasteiger partial charge on any atom is 0.418 e. The van der Waals surface area contributed by atoms with Crippen LogP contribution in [0.5, 0.6) is 0 Å². The molecular weight excluding hydrogens is 594 g/mol. The van der Waals surface area contributed by atoms with Crippen molar-refractivity contribution in [2.45, 2.75) is 104 Å². The number of esters is 1. The van der Waals surface area contributed by atoms with Crippen molar-refractivity contribution in [3.05, 3.63) is 44.9 Å². The molecule has 1 N–H and O–H groups in total. The number of cyclic esters (lactones) is 1. The molecule has 10 nitrogen and oxygen atoms in total. The van der Waals surface area contributed by atoms with Gasteiger partial charge in [-0.25, -0.2) is 19.5 Å². The summed E-state index contributed by atoms with van der Waals surface area (Å²) in [6.45, 7) is 6.87. The fourth-order valence-corrected chi connectivity index (χ4v) is 5.43. The number of ketones is 1. The number of hydrogen-bond acceptors (Lipinski definition) is 9. The van der Waals surface area contributed by atoms with Gasteiger partial charge in [-0.05, 0) is 45.4 Å². The molecule has 3 rings (SSSR count). The Balaban J connectivity index is 1.62. The summed E-state index contributed by atoms with van der Waals surface area (Å²) in [4.78, 5) is 69.8. The number of carbonyl (C=O) groups is 5. The standard InChI is InChI=1S/C31H40ClN3O7S/c1-5-6-7-8-9-10-11-12-13-14-17-41-28(38)21-15-16-22(32)23(18-21)34-27(37)25(26(36)24-19-43-20(2)33-24)35-29(39)31(3,4)42-30(35)40/h15-16,18-19,25H,5-14,17H2,1-4H3,(H,34,37). The number of anilines is 1. The van der Waals surface area contributed by atoms with Crippen LogP contribution in [0.1, 0.15) is 111 Å². The minimum atomic E-state index is -1.91. The lowest BCUT2D eigenvalue weighted by atomic mass is 10.0. The van der Waals surface area contributed by atoms with Crippen molar-refractivity contribution in [3.63, 3.8) is 0 Å². The fraction of sp³-hybridized carbons (Fsp3) is 0.548. The third kappa shape index (κ3) is 9.34. The number of amides is 3. The minimum absolute atomic E-state index is 0.00610. The molecule has 1 aromatic heterocycles. The second-order valence-corrected chi connectivity index (χ2v) is 12.5. The number of carbonyl (C=O) groups excluding carboxylic acids is 5. The van der Waals surface area contributed by atoms with E-state index >= 15 is 0 Å². The second kappa shape index (κ2) is 16.0. The number of rotatable bonds is 17. The molecule has 0 bridgehead atoms. The molecule has 1 aliphatic heterocycles. The van der Waals surface area contributed by atoms with E-state index in [-0.39, 0.29) is 28.6 Å². The van der Waals surface area contributed by atoms with Crippen LogP contribution in [-0.4, -0.2) is 57.8 Å². The van der Waals surface area contributed by atoms with Gasteiger partial charge in [-0.15, -0.1) is 11.3 Å². The Hall–Kier alpha value is -3.31. The van der Waals surface area contributed by atoms with E-state index in [9.17, 15) is 24.0 Å². The number of nitrogens with zero attached hydrogens (tertiary/aromatic N) is 2. The first-order chi connectivity index (χ1) is 20.5. The number of thiazole rings is 1. The van der Waals surface area contributed by atoms with Crippen LogP contribution in [0.15, 0.2) is 23.6 Å². The van der Waals surface area contributed by atoms with E-state index in [2.05, 4.69) is 17.2 Å². The van der Waals surface area contributed by atoms with Gasteiger partial charge in [0.15, 0.2) is 11.6 Å². The third-order valence-electron chi connectivity index (χ3n) is 7.09. The summed E-state index contributed by atoms with van der Waals surface area (Å²) < 4.78 is 10.5. The first-order valence-corrected chi connectivity index (χ1v) is 16.0. The van der Waals surface area contributed by atoms with Crippen LogP contribution < -0.4 is 5.32 Å². The normalized spacial score (nSPS) is 14.9. The molecule has 1 unspecified atom stereocenters. The largest absolute Gasteiger partial charge is 0.462 e. The van der Waals surface area contributed by atoms with Gasteiger partial charge in [0.05, 0.1) is 27.9 Å². The lowest BCUT2D eigenvalue weighted by molar-refractivity contribution is -0.137. The molecule has 43 heavy (non-hydrogen) atoms. The number of aromatic nitrogens is 1. The molecule has 234 valence electrons. The van der Waals surface area contributed by atoms with Gasteiger partial charge in [-0.3, -0.25) is 14.4 Å². The Morgan fingerprint density at radius 2 is 1.67 bits per heavy atom. The zero-order valence-corrected chi connectivity index (χ0v) is 26.8. The highest BCUT2D eigenvalue weighted by atomic mass is 35.5. The zero-order valence-electron chi connectivity index (χ0n) is 25.2. The lowest BCUT2D eigenvalue weighted by Gasteiger charge is -2.22. The zero-order chi connectivity index (χ0) is 31.6. The molecule has 0 aliphatic carbocycles. The topological polar surface area (TPSA) is 132 Å². The molecule has 1 atom stereocenters. The smallest absolute Gasteiger partial charge is 0.418 e. The molecule has 0 saturated carbocycles. The molecule has 1 fully saturated rings. The van der Waals surface area contributed by atoms with Gasteiger partial charge in [0.1, 0.15) is 5.69 Å². The van der Waals surface area contributed by atoms with Gasteiger partial charge >= 0.3 is 12.1 Å². The highest BCUT2D eigenvalue weighted by Gasteiger charge is 2.54. The molecule has 3 amide bonds. The molecule has 1 aliphatic rings. The summed E-state index contributed by atoms with van der Waals surface area (Å²) in [6.07, 6.45) is 10.5. The van der Waals surface area contributed by atoms with Crippen LogP contribution in [0.25, 0.3) is 0 Å². The van der Waals surface area contributed by atoms with Gasteiger partial charge in [-0.2, -0.15) is 0 Å². The molecular formula is C31H40ClN3O7S. The highest BCUT2D eigenvalue weighted by Crippen LogP contribution is 2.29. The van der Waals surface area contributed by atoms with Gasteiger partial charge in [-0.1, -0.05) is 76.3 Å². The Morgan fingerprint density at radius 1 is 1.05 bits per heavy atom. The predicted octanol–water partition coefficient (Wildman–Crippen LogP) is 7.13. The number of benzene rings is 1. The van der Waals surface area contributed by atoms with Crippen LogP contribution >= 0.6 is 22.9 Å². The number of imide groups is 1. The molecule has 0 radical (unpaired) electrons. The lowest BCUT2D eigenvalue weighted by Crippen LogP contribution is -2.53. The van der Waals surface area contributed by atoms with Crippen molar-refractivity contribution < 1.29 is 33.4 Å². The van der Waals surface area contributed by atoms with E-state index in [0.717, 1.165) is 19.3 Å². The average molecular weight is 634 g/mol. The van der Waals surface area contributed by atoms with Gasteiger partial charge < -0.3 is 14.8 Å². The van der Waals surface area contributed by atoms with Crippen molar-refractivity contribution in [2.75, 3.05) is 11.9 Å². The number of nitrogens with one attached hydrogen (secondary N) is 1. The van der Waals surface area contributed by atoms with Crippen LogP contribution in [0.2, 0.25) is 5.02 Å². The summed E-state index contributed by atoms with van der Waals surface area (Å²) in [5, 5.41) is 4.57. The molecule has 1 aromatic carbocycles. The highest BCUT2D eigenvalue weighted by molar-refractivity contribution is 7.09. The average Bonchev–Trinajstić information content (AvgIpc) is 3.48. The number of Topliss-reactive ketones (excluding diaryl/α,β-unsaturated/α-hetero) is 1. The molecule has 2 aromatic rings. The quantitative estimate of drug-likeness (QED) is 0.0842. The van der Waals surface area contributed by atoms with E-state index in [1.54, 1.807) is 6.92 Å². The van der Waals surface area contributed by atoms with Crippen molar-refractivity contribution in [1.29, 1.82) is 0 Å². The van der Waals surface area contributed by atoms with Gasteiger partial charge in [0, 0.05) is 5.38 Å². The summed E-state index contributed by atoms with van der Waals surface area (Å²) in [5.74, 6) is -3.33. The Bertz CT molecular complexity index is 1330. The monoisotopic (exact) mass is 633 g/mol. The van der Waals surface area contributed by atoms with Gasteiger partial charge in [0.25, 0.3) is 11.8 Å². The SMILES string of the molecule is CCCCCCCCCCCCOC(=O)c1ccc(Cl)c(NC(=O)C(C(=O)c2csc(C)n2)N2C(=O)OC(C)(C)C2=O)c1. The van der Waals surface area contributed by atoms with Crippen molar-refractivity contribution in [2.24, 2.45) is 0 Å². The molecule has 2 heterocycles. The van der Waals surface area contributed by atoms with Crippen LogP contribution in [0, 0.1) is 6.92 Å². The molecule has 0 spiro atoms. The summed E-state index contributed by atoms with van der Waals surface area (Å²) in [5.41, 5.74) is -1.50. The molecule has 1 saturated heterocycles. The predicted molar refractivity (Wildman–Crippen MR) is 165 cm³/mol. The van der Waals surface area contributed by atoms with Crippen molar-refractivity contribution >= 4 is 58.3 Å². The number of unbranched alkanes of at least 4 members (excludes halogenated alkanes) is 9. The van der Waals surface area contributed by atoms with Crippen molar-refractivity contribution in [3.8, 4) is 0 Å². The number of aryl methyl sites for hydroxylation is 1. The molecule has 12 heteroatoms. The van der Waals surface area contributed by atoms with Gasteiger partial charge in [0.2, 0.25) is 5.78 Å². The second-order valence-electron chi connectivity index (χ2n) is 11.1. The Labute approximate surface area is 261 Å². The summed E-state index contributed by atoms with van der Waals surface area (Å²) in [7, 11) is 0. The van der Waals surface area contributed by atoms with E-state index < -0.39 is 41.3 Å². The van der Waals surface area contributed by atoms with E-state index in [0.29, 0.717) is 9.91 Å². The Morgan fingerprint density at radius 3 is 2.23 bits per heavy atom. The first-order valence-electron chi connectivity index (χ1n) is 14.8. The summed E-state index contributed by atoms with van der Waals surface area (Å²) in [6, 6.07) is 2.28. The minimum Gasteiger partial charge on any atom is -0.462 e. The van der Waals surface area contributed by atoms with E-state index in [1.165, 1.54) is 93.7 Å². The van der Waals surface area contributed by atoms with Crippen LogP contribution in [0.3, 0.4) is 0 Å². The van der Waals surface area contributed by atoms with Crippen LogP contribution in [-0.2, 0) is 19.1 Å². The number of hydrogen-bond donors (Lipinski definition) is 1. The Kier molecular flexibility index (Phi) is 12.7. The van der Waals surface area contributed by atoms with E-state index in [1.807, 2.05) is 0 Å². The van der Waals surface area contributed by atoms with Crippen LogP contribution in [0.4, 0.5) is 10.5 Å². The van der Waals surface area contributed by atoms with E-state index in [4.69, 9.17) is 21.1 Å². The maximum absolute atomic E-state index is 13.5. The number of ether oxygens (including phenoxy) is 2. The summed E-state index contributed by atoms with van der Waals surface area (Å²) >= 11 is 7.48. The number of halogens is 1. The fourth-order valence-electron chi connectivity index (χ4n) is 4.66. The third-order valence-corrected chi connectivity index (χ3v) is 8.19. The maximum atomic E-state index is 13.5. The first kappa shape index (κ1) is 34.2. The van der Waals surface area contributed by atoms with Crippen molar-refractivity contribution in [1.82, 2.24) is 9.88 Å².